The lowest BCUT2D eigenvalue weighted by Crippen LogP contribution is -2.12. The molecule has 0 aromatic heterocycles. The van der Waals surface area contributed by atoms with Crippen LogP contribution >= 0.6 is 0 Å². The topological polar surface area (TPSA) is 40.5 Å². The Bertz CT molecular complexity index is 154. The number of nitrogens with zero attached hydrogens (tertiary/aromatic N) is 1. The molecule has 0 aliphatic rings. The fraction of sp³-hybridized carbons (Fsp3) is 0.929. The molecule has 0 saturated heterocycles. The molecule has 0 atom stereocenters. The normalized spacial score (nSPS) is 9.94. The summed E-state index contributed by atoms with van der Waals surface area (Å²) in [7, 11) is 4.31. The standard InChI is InChI=1S/C12H27N.C2H4O2/c1-4-5-6-7-8-9-10-11-12-13(2)3;1-2(3)4/h4-12H2,1-3H3;1H3,(H,3,4). The second-order valence-electron chi connectivity index (χ2n) is 4.80. The van der Waals surface area contributed by atoms with Gasteiger partial charge >= 0.3 is 0 Å². The maximum absolute atomic E-state index is 9.00. The van der Waals surface area contributed by atoms with Crippen molar-refractivity contribution < 1.29 is 9.90 Å². The van der Waals surface area contributed by atoms with Crippen LogP contribution in [0.25, 0.3) is 0 Å². The molecule has 3 nitrogen and oxygen atoms in total. The van der Waals surface area contributed by atoms with E-state index in [9.17, 15) is 0 Å². The minimum Gasteiger partial charge on any atom is -0.481 e. The Balaban J connectivity index is 0. The third kappa shape index (κ3) is 31.3. The summed E-state index contributed by atoms with van der Waals surface area (Å²) in [5.74, 6) is -0.833. The summed E-state index contributed by atoms with van der Waals surface area (Å²) in [6.45, 7) is 4.62. The number of carboxylic acids is 1. The number of aliphatic carboxylic acids is 1. The molecule has 0 saturated carbocycles. The minimum atomic E-state index is -0.833. The van der Waals surface area contributed by atoms with Crippen LogP contribution in [0.2, 0.25) is 0 Å². The fourth-order valence-corrected chi connectivity index (χ4v) is 1.56. The van der Waals surface area contributed by atoms with Crippen LogP contribution < -0.4 is 0 Å². The van der Waals surface area contributed by atoms with E-state index in [1.54, 1.807) is 0 Å². The number of hydrogen-bond donors (Lipinski definition) is 1. The highest BCUT2D eigenvalue weighted by molar-refractivity contribution is 5.62. The molecular weight excluding hydrogens is 214 g/mol. The Morgan fingerprint density at radius 3 is 1.65 bits per heavy atom. The first-order chi connectivity index (χ1) is 8.00. The fourth-order valence-electron chi connectivity index (χ4n) is 1.56. The van der Waals surface area contributed by atoms with E-state index in [-0.39, 0.29) is 0 Å². The summed E-state index contributed by atoms with van der Waals surface area (Å²) in [5, 5.41) is 7.42. The first-order valence-corrected chi connectivity index (χ1v) is 6.85. The molecule has 0 aromatic carbocycles. The van der Waals surface area contributed by atoms with Crippen LogP contribution in [0.1, 0.15) is 65.2 Å². The van der Waals surface area contributed by atoms with Gasteiger partial charge in [-0.1, -0.05) is 51.9 Å². The molecule has 0 unspecified atom stereocenters. The Morgan fingerprint density at radius 1 is 0.941 bits per heavy atom. The van der Waals surface area contributed by atoms with Crippen molar-refractivity contribution in [2.75, 3.05) is 20.6 Å². The number of unbranched alkanes of at least 4 members (excludes halogenated alkanes) is 7. The molecule has 3 heteroatoms. The van der Waals surface area contributed by atoms with E-state index >= 15 is 0 Å². The molecule has 1 N–H and O–H groups in total. The molecule has 0 amide bonds. The first kappa shape index (κ1) is 18.8. The smallest absolute Gasteiger partial charge is 0.300 e. The van der Waals surface area contributed by atoms with Crippen LogP contribution in [0, 0.1) is 0 Å². The molecule has 0 aliphatic carbocycles. The third-order valence-corrected chi connectivity index (χ3v) is 2.46. The van der Waals surface area contributed by atoms with Gasteiger partial charge in [0, 0.05) is 6.92 Å². The van der Waals surface area contributed by atoms with Gasteiger partial charge in [-0.2, -0.15) is 0 Å². The minimum absolute atomic E-state index is 0.833. The van der Waals surface area contributed by atoms with Crippen LogP contribution in [0.4, 0.5) is 0 Å². The van der Waals surface area contributed by atoms with Crippen molar-refractivity contribution in [1.82, 2.24) is 4.90 Å². The molecule has 0 bridgehead atoms. The summed E-state index contributed by atoms with van der Waals surface area (Å²) >= 11 is 0. The lowest BCUT2D eigenvalue weighted by Gasteiger charge is -2.08. The average molecular weight is 245 g/mol. The zero-order valence-corrected chi connectivity index (χ0v) is 12.2. The van der Waals surface area contributed by atoms with Gasteiger partial charge in [-0.15, -0.1) is 0 Å². The first-order valence-electron chi connectivity index (χ1n) is 6.85. The highest BCUT2D eigenvalue weighted by Gasteiger charge is 1.92. The quantitative estimate of drug-likeness (QED) is 0.628. The summed E-state index contributed by atoms with van der Waals surface area (Å²) in [6, 6.07) is 0. The molecule has 0 rings (SSSR count). The maximum Gasteiger partial charge on any atom is 0.300 e. The van der Waals surface area contributed by atoms with Crippen molar-refractivity contribution in [2.24, 2.45) is 0 Å². The monoisotopic (exact) mass is 245 g/mol. The molecule has 0 heterocycles. The SMILES string of the molecule is CC(=O)O.CCCCCCCCCCN(C)C. The lowest BCUT2D eigenvalue weighted by atomic mass is 10.1. The van der Waals surface area contributed by atoms with Gasteiger partial charge in [0.1, 0.15) is 0 Å². The molecular formula is C14H31NO2. The predicted molar refractivity (Wildman–Crippen MR) is 74.5 cm³/mol. The van der Waals surface area contributed by atoms with Gasteiger partial charge < -0.3 is 10.0 Å². The van der Waals surface area contributed by atoms with Crippen molar-refractivity contribution in [3.8, 4) is 0 Å². The number of rotatable bonds is 9. The third-order valence-electron chi connectivity index (χ3n) is 2.46. The summed E-state index contributed by atoms with van der Waals surface area (Å²) in [4.78, 5) is 11.3. The van der Waals surface area contributed by atoms with E-state index in [0.29, 0.717) is 0 Å². The van der Waals surface area contributed by atoms with Gasteiger partial charge in [-0.25, -0.2) is 0 Å². The molecule has 17 heavy (non-hydrogen) atoms. The van der Waals surface area contributed by atoms with Gasteiger partial charge in [0.25, 0.3) is 5.97 Å². The Morgan fingerprint density at radius 2 is 1.29 bits per heavy atom. The number of carbonyl (C=O) groups is 1. The predicted octanol–water partition coefficient (Wildman–Crippen LogP) is 3.78. The van der Waals surface area contributed by atoms with Crippen molar-refractivity contribution in [1.29, 1.82) is 0 Å². The van der Waals surface area contributed by atoms with Crippen molar-refractivity contribution >= 4 is 5.97 Å². The highest BCUT2D eigenvalue weighted by Crippen LogP contribution is 2.08. The van der Waals surface area contributed by atoms with Crippen LogP contribution in [-0.2, 0) is 4.79 Å². The Hall–Kier alpha value is -0.570. The second-order valence-corrected chi connectivity index (χ2v) is 4.80. The Labute approximate surface area is 107 Å². The van der Waals surface area contributed by atoms with Crippen LogP contribution in [0.15, 0.2) is 0 Å². The molecule has 0 aliphatic heterocycles. The lowest BCUT2D eigenvalue weighted by molar-refractivity contribution is -0.134. The number of hydrogen-bond acceptors (Lipinski definition) is 2. The van der Waals surface area contributed by atoms with E-state index in [1.165, 1.54) is 57.9 Å². The van der Waals surface area contributed by atoms with E-state index in [2.05, 4.69) is 25.9 Å². The van der Waals surface area contributed by atoms with Crippen molar-refractivity contribution in [3.63, 3.8) is 0 Å². The van der Waals surface area contributed by atoms with Gasteiger partial charge in [0.2, 0.25) is 0 Å². The molecule has 0 fully saturated rings. The van der Waals surface area contributed by atoms with Gasteiger partial charge in [-0.05, 0) is 27.1 Å². The molecule has 0 aromatic rings. The maximum atomic E-state index is 9.00. The van der Waals surface area contributed by atoms with Crippen LogP contribution in [-0.4, -0.2) is 36.6 Å². The number of carboxylic acid groups (broad SMARTS) is 1. The summed E-state index contributed by atoms with van der Waals surface area (Å²) < 4.78 is 0. The van der Waals surface area contributed by atoms with E-state index in [1.807, 2.05) is 0 Å². The zero-order chi connectivity index (χ0) is 13.5. The molecule has 0 spiro atoms. The second kappa shape index (κ2) is 15.4. The van der Waals surface area contributed by atoms with E-state index < -0.39 is 5.97 Å². The van der Waals surface area contributed by atoms with Gasteiger partial charge in [-0.3, -0.25) is 4.79 Å². The van der Waals surface area contributed by atoms with Crippen molar-refractivity contribution in [2.45, 2.75) is 65.2 Å². The van der Waals surface area contributed by atoms with Crippen molar-refractivity contribution in [3.05, 3.63) is 0 Å². The van der Waals surface area contributed by atoms with E-state index in [0.717, 1.165) is 6.92 Å². The van der Waals surface area contributed by atoms with Crippen LogP contribution in [0.3, 0.4) is 0 Å². The van der Waals surface area contributed by atoms with Gasteiger partial charge in [0.15, 0.2) is 0 Å². The zero-order valence-electron chi connectivity index (χ0n) is 12.2. The van der Waals surface area contributed by atoms with Gasteiger partial charge in [0.05, 0.1) is 0 Å². The van der Waals surface area contributed by atoms with E-state index in [4.69, 9.17) is 9.90 Å². The highest BCUT2D eigenvalue weighted by atomic mass is 16.4. The van der Waals surface area contributed by atoms with Crippen LogP contribution in [0.5, 0.6) is 0 Å². The largest absolute Gasteiger partial charge is 0.481 e. The Kier molecular flexibility index (Phi) is 17.1. The summed E-state index contributed by atoms with van der Waals surface area (Å²) in [5.41, 5.74) is 0. The molecule has 0 radical (unpaired) electrons. The molecule has 104 valence electrons. The summed E-state index contributed by atoms with van der Waals surface area (Å²) in [6.07, 6.45) is 11.4. The average Bonchev–Trinajstić information content (AvgIpc) is 2.21.